The first kappa shape index (κ1) is 17.0. The number of benzene rings is 2. The van der Waals surface area contributed by atoms with Gasteiger partial charge in [0.1, 0.15) is 23.9 Å². The normalized spacial score (nSPS) is 13.6. The van der Waals surface area contributed by atoms with Gasteiger partial charge in [-0.05, 0) is 35.9 Å². The standard InChI is InChI=1S/C17H14FNO5S/c18-13-3-1-2-4-16(13)25(21,22)19-17(20)8-6-12-5-7-14-15(11-12)24-10-9-23-14/h1-8,11H,9-10H2,(H,19,20). The maximum Gasteiger partial charge on any atom is 0.267 e. The summed E-state index contributed by atoms with van der Waals surface area (Å²) in [5.74, 6) is -0.667. The van der Waals surface area contributed by atoms with E-state index >= 15 is 0 Å². The molecule has 130 valence electrons. The summed E-state index contributed by atoms with van der Waals surface area (Å²) in [5, 5.41) is 0. The first-order valence-corrected chi connectivity index (χ1v) is 8.83. The lowest BCUT2D eigenvalue weighted by Gasteiger charge is -2.18. The predicted molar refractivity (Wildman–Crippen MR) is 88.2 cm³/mol. The minimum absolute atomic E-state index is 0.432. The van der Waals surface area contributed by atoms with Gasteiger partial charge in [-0.2, -0.15) is 0 Å². The molecule has 3 rings (SSSR count). The second-order valence-electron chi connectivity index (χ2n) is 5.14. The first-order chi connectivity index (χ1) is 12.0. The van der Waals surface area contributed by atoms with Gasteiger partial charge in [0.05, 0.1) is 0 Å². The van der Waals surface area contributed by atoms with Crippen LogP contribution >= 0.6 is 0 Å². The molecule has 0 saturated heterocycles. The van der Waals surface area contributed by atoms with Crippen LogP contribution in [0.1, 0.15) is 5.56 Å². The van der Waals surface area contributed by atoms with Crippen LogP contribution in [0.5, 0.6) is 11.5 Å². The van der Waals surface area contributed by atoms with E-state index in [1.54, 1.807) is 22.9 Å². The van der Waals surface area contributed by atoms with Crippen LogP contribution in [0.3, 0.4) is 0 Å². The molecule has 0 spiro atoms. The van der Waals surface area contributed by atoms with Crippen LogP contribution < -0.4 is 14.2 Å². The number of rotatable bonds is 4. The quantitative estimate of drug-likeness (QED) is 0.842. The molecule has 0 aromatic heterocycles. The number of halogens is 1. The molecule has 6 nitrogen and oxygen atoms in total. The molecule has 0 fully saturated rings. The third-order valence-electron chi connectivity index (χ3n) is 3.35. The highest BCUT2D eigenvalue weighted by Gasteiger charge is 2.20. The van der Waals surface area contributed by atoms with Crippen LogP contribution in [0.25, 0.3) is 6.08 Å². The number of amides is 1. The molecule has 0 aliphatic carbocycles. The smallest absolute Gasteiger partial charge is 0.267 e. The first-order valence-electron chi connectivity index (χ1n) is 7.35. The van der Waals surface area contributed by atoms with Gasteiger partial charge in [0.2, 0.25) is 0 Å². The molecule has 0 unspecified atom stereocenters. The maximum absolute atomic E-state index is 13.6. The van der Waals surface area contributed by atoms with Crippen LogP contribution in [-0.4, -0.2) is 27.5 Å². The molecule has 2 aromatic rings. The van der Waals surface area contributed by atoms with E-state index < -0.39 is 26.6 Å². The molecule has 0 saturated carbocycles. The minimum atomic E-state index is -4.28. The van der Waals surface area contributed by atoms with Crippen LogP contribution in [-0.2, 0) is 14.8 Å². The summed E-state index contributed by atoms with van der Waals surface area (Å²) in [6.07, 6.45) is 2.47. The van der Waals surface area contributed by atoms with E-state index in [1.807, 2.05) is 0 Å². The van der Waals surface area contributed by atoms with Crippen molar-refractivity contribution >= 4 is 22.0 Å². The SMILES string of the molecule is O=C(C=Cc1ccc2c(c1)OCCO2)NS(=O)(=O)c1ccccc1F. The van der Waals surface area contributed by atoms with E-state index in [4.69, 9.17) is 9.47 Å². The molecular weight excluding hydrogens is 349 g/mol. The molecule has 1 aliphatic rings. The van der Waals surface area contributed by atoms with Crippen molar-refractivity contribution in [2.75, 3.05) is 13.2 Å². The molecular formula is C17H14FNO5S. The van der Waals surface area contributed by atoms with Gasteiger partial charge in [0.15, 0.2) is 11.5 Å². The van der Waals surface area contributed by atoms with Crippen molar-refractivity contribution in [3.8, 4) is 11.5 Å². The molecule has 0 atom stereocenters. The Balaban J connectivity index is 1.72. The molecule has 1 aliphatic heterocycles. The zero-order valence-corrected chi connectivity index (χ0v) is 13.8. The van der Waals surface area contributed by atoms with Gasteiger partial charge in [-0.15, -0.1) is 0 Å². The fourth-order valence-corrected chi connectivity index (χ4v) is 3.24. The lowest BCUT2D eigenvalue weighted by atomic mass is 10.2. The molecule has 25 heavy (non-hydrogen) atoms. The largest absolute Gasteiger partial charge is 0.486 e. The summed E-state index contributed by atoms with van der Waals surface area (Å²) in [7, 11) is -4.28. The van der Waals surface area contributed by atoms with Crippen LogP contribution in [0.15, 0.2) is 53.4 Å². The summed E-state index contributed by atoms with van der Waals surface area (Å²) in [4.78, 5) is 11.3. The lowest BCUT2D eigenvalue weighted by molar-refractivity contribution is -0.114. The van der Waals surface area contributed by atoms with Crippen molar-refractivity contribution in [2.24, 2.45) is 0 Å². The van der Waals surface area contributed by atoms with Crippen molar-refractivity contribution in [3.63, 3.8) is 0 Å². The molecule has 2 aromatic carbocycles. The second kappa shape index (κ2) is 6.94. The average molecular weight is 363 g/mol. The Labute approximate surface area is 143 Å². The number of carbonyl (C=O) groups is 1. The fourth-order valence-electron chi connectivity index (χ4n) is 2.22. The maximum atomic E-state index is 13.6. The Morgan fingerprint density at radius 1 is 1.08 bits per heavy atom. The van der Waals surface area contributed by atoms with Gasteiger partial charge in [-0.25, -0.2) is 17.5 Å². The van der Waals surface area contributed by atoms with Gasteiger partial charge in [0.25, 0.3) is 15.9 Å². The van der Waals surface area contributed by atoms with Gasteiger partial charge in [-0.1, -0.05) is 18.2 Å². The number of hydrogen-bond donors (Lipinski definition) is 1. The number of ether oxygens (including phenoxy) is 2. The van der Waals surface area contributed by atoms with E-state index in [1.165, 1.54) is 18.2 Å². The summed E-state index contributed by atoms with van der Waals surface area (Å²) in [6.45, 7) is 0.903. The Kier molecular flexibility index (Phi) is 4.71. The molecule has 1 N–H and O–H groups in total. The molecule has 8 heteroatoms. The number of carbonyl (C=O) groups excluding carboxylic acids is 1. The highest BCUT2D eigenvalue weighted by molar-refractivity contribution is 7.90. The van der Waals surface area contributed by atoms with Crippen molar-refractivity contribution < 1.29 is 27.1 Å². The van der Waals surface area contributed by atoms with E-state index in [0.29, 0.717) is 30.3 Å². The van der Waals surface area contributed by atoms with Crippen LogP contribution in [0.2, 0.25) is 0 Å². The topological polar surface area (TPSA) is 81.7 Å². The van der Waals surface area contributed by atoms with E-state index in [-0.39, 0.29) is 0 Å². The number of sulfonamides is 1. The fraction of sp³-hybridized carbons (Fsp3) is 0.118. The van der Waals surface area contributed by atoms with Gasteiger partial charge < -0.3 is 9.47 Å². The summed E-state index contributed by atoms with van der Waals surface area (Å²) >= 11 is 0. The van der Waals surface area contributed by atoms with E-state index in [2.05, 4.69) is 0 Å². The third kappa shape index (κ3) is 3.97. The van der Waals surface area contributed by atoms with E-state index in [0.717, 1.165) is 18.2 Å². The average Bonchev–Trinajstić information content (AvgIpc) is 2.59. The molecule has 1 heterocycles. The van der Waals surface area contributed by atoms with Crippen molar-refractivity contribution in [1.29, 1.82) is 0 Å². The predicted octanol–water partition coefficient (Wildman–Crippen LogP) is 2.12. The minimum Gasteiger partial charge on any atom is -0.486 e. The van der Waals surface area contributed by atoms with Gasteiger partial charge in [0, 0.05) is 6.08 Å². The zero-order valence-electron chi connectivity index (χ0n) is 12.9. The molecule has 0 radical (unpaired) electrons. The van der Waals surface area contributed by atoms with Crippen LogP contribution in [0.4, 0.5) is 4.39 Å². The second-order valence-corrected chi connectivity index (χ2v) is 6.79. The van der Waals surface area contributed by atoms with Crippen LogP contribution in [0, 0.1) is 5.82 Å². The third-order valence-corrected chi connectivity index (χ3v) is 4.73. The molecule has 1 amide bonds. The Morgan fingerprint density at radius 2 is 1.80 bits per heavy atom. The Hall–Kier alpha value is -2.87. The number of fused-ring (bicyclic) bond motifs is 1. The van der Waals surface area contributed by atoms with Crippen molar-refractivity contribution in [2.45, 2.75) is 4.90 Å². The summed E-state index contributed by atoms with van der Waals surface area (Å²) < 4.78 is 50.2. The Morgan fingerprint density at radius 3 is 2.56 bits per heavy atom. The zero-order chi connectivity index (χ0) is 17.9. The van der Waals surface area contributed by atoms with Crippen molar-refractivity contribution in [3.05, 3.63) is 59.9 Å². The van der Waals surface area contributed by atoms with Gasteiger partial charge >= 0.3 is 0 Å². The Bertz CT molecular complexity index is 940. The highest BCUT2D eigenvalue weighted by Crippen LogP contribution is 2.31. The summed E-state index contributed by atoms with van der Waals surface area (Å²) in [6, 6.07) is 9.87. The number of nitrogens with one attached hydrogen (secondary N) is 1. The lowest BCUT2D eigenvalue weighted by Crippen LogP contribution is -2.29. The highest BCUT2D eigenvalue weighted by atomic mass is 32.2. The van der Waals surface area contributed by atoms with E-state index in [9.17, 15) is 17.6 Å². The van der Waals surface area contributed by atoms with Crippen molar-refractivity contribution in [1.82, 2.24) is 4.72 Å². The molecule has 0 bridgehead atoms. The summed E-state index contributed by atoms with van der Waals surface area (Å²) in [5.41, 5.74) is 0.627. The monoisotopic (exact) mass is 363 g/mol. The number of hydrogen-bond acceptors (Lipinski definition) is 5. The van der Waals surface area contributed by atoms with Gasteiger partial charge in [-0.3, -0.25) is 4.79 Å².